The van der Waals surface area contributed by atoms with Crippen molar-refractivity contribution in [2.75, 3.05) is 13.2 Å². The first-order chi connectivity index (χ1) is 20.6. The van der Waals surface area contributed by atoms with Crippen molar-refractivity contribution in [3.63, 3.8) is 0 Å². The number of ether oxygens (including phenoxy) is 1. The maximum absolute atomic E-state index is 14.9. The van der Waals surface area contributed by atoms with Crippen molar-refractivity contribution >= 4 is 11.9 Å². The van der Waals surface area contributed by atoms with E-state index in [1.807, 2.05) is 0 Å². The first-order valence-electron chi connectivity index (χ1n) is 13.5. The number of carbonyl (C=O) groups is 1. The number of urea groups is 1. The van der Waals surface area contributed by atoms with E-state index in [9.17, 15) is 31.1 Å². The number of rotatable bonds is 14. The van der Waals surface area contributed by atoms with Crippen LogP contribution in [0.3, 0.4) is 0 Å². The lowest BCUT2D eigenvalue weighted by atomic mass is 9.77. The fourth-order valence-electron chi connectivity index (χ4n) is 4.68. The smallest absolute Gasteiger partial charge is 0.428 e. The molecule has 43 heavy (non-hydrogen) atoms. The molecule has 3 aromatic rings. The maximum Gasteiger partial charge on any atom is 0.461 e. The minimum Gasteiger partial charge on any atom is -0.428 e. The molecule has 0 aromatic heterocycles. The summed E-state index contributed by atoms with van der Waals surface area (Å²) in [5.41, 5.74) is -0.851. The van der Waals surface area contributed by atoms with Crippen molar-refractivity contribution in [3.05, 3.63) is 101 Å². The molecule has 1 atom stereocenters. The fraction of sp³-hybridized carbons (Fsp3) is 0.333. The van der Waals surface area contributed by atoms with Gasteiger partial charge in [-0.3, -0.25) is 0 Å². The molecule has 7 nitrogen and oxygen atoms in total. The fourth-order valence-corrected chi connectivity index (χ4v) is 4.68. The molecule has 2 N–H and O–H groups in total. The summed E-state index contributed by atoms with van der Waals surface area (Å²) in [4.78, 5) is 17.4. The van der Waals surface area contributed by atoms with Gasteiger partial charge in [-0.15, -0.1) is 5.11 Å². The van der Waals surface area contributed by atoms with Gasteiger partial charge in [0.2, 0.25) is 0 Å². The summed E-state index contributed by atoms with van der Waals surface area (Å²) >= 11 is 0. The number of benzene rings is 3. The van der Waals surface area contributed by atoms with Crippen LogP contribution in [0.25, 0.3) is 0 Å². The average molecular weight is 606 g/mol. The number of nitrogens with zero attached hydrogens (tertiary/aromatic N) is 3. The van der Waals surface area contributed by atoms with Crippen molar-refractivity contribution in [3.8, 4) is 5.75 Å². The topological polar surface area (TPSA) is 87.4 Å². The zero-order valence-electron chi connectivity index (χ0n) is 22.9. The Morgan fingerprint density at radius 3 is 2.33 bits per heavy atom. The second-order valence-electron chi connectivity index (χ2n) is 9.86. The molecule has 3 aromatic carbocycles. The maximum atomic E-state index is 14.9. The summed E-state index contributed by atoms with van der Waals surface area (Å²) < 4.78 is 86.4. The normalized spacial score (nSPS) is 14.3. The van der Waals surface area contributed by atoms with Gasteiger partial charge < -0.3 is 15.4 Å². The monoisotopic (exact) mass is 605 g/mol. The number of azo groups is 1. The van der Waals surface area contributed by atoms with Gasteiger partial charge >= 0.3 is 18.6 Å². The van der Waals surface area contributed by atoms with Crippen LogP contribution in [0.2, 0.25) is 0 Å². The van der Waals surface area contributed by atoms with Crippen molar-refractivity contribution in [1.29, 1.82) is 0 Å². The van der Waals surface area contributed by atoms with Crippen LogP contribution >= 0.6 is 0 Å². The molecular formula is C30H29F6N5O2. The van der Waals surface area contributed by atoms with Crippen LogP contribution in [0.4, 0.5) is 31.1 Å². The highest BCUT2D eigenvalue weighted by Crippen LogP contribution is 2.37. The van der Waals surface area contributed by atoms with Crippen LogP contribution in [0, 0.1) is 11.6 Å². The van der Waals surface area contributed by atoms with Crippen molar-refractivity contribution in [1.82, 2.24) is 10.6 Å². The van der Waals surface area contributed by atoms with E-state index in [-0.39, 0.29) is 24.1 Å². The molecule has 0 radical (unpaired) electrons. The zero-order chi connectivity index (χ0) is 30.9. The lowest BCUT2D eigenvalue weighted by Gasteiger charge is -2.37. The van der Waals surface area contributed by atoms with Gasteiger partial charge in [0.1, 0.15) is 23.2 Å². The Labute approximate surface area is 244 Å². The predicted octanol–water partition coefficient (Wildman–Crippen LogP) is 7.37. The Kier molecular flexibility index (Phi) is 10.4. The van der Waals surface area contributed by atoms with Gasteiger partial charge in [0.05, 0.1) is 5.54 Å². The van der Waals surface area contributed by atoms with E-state index < -0.39 is 41.5 Å². The molecular weight excluding hydrogens is 576 g/mol. The number of nitrogens with one attached hydrogen (secondary N) is 2. The third-order valence-electron chi connectivity index (χ3n) is 6.71. The highest BCUT2D eigenvalue weighted by Gasteiger charge is 2.45. The molecule has 1 aliphatic heterocycles. The van der Waals surface area contributed by atoms with E-state index in [0.717, 1.165) is 37.1 Å². The molecule has 0 spiro atoms. The highest BCUT2D eigenvalue weighted by atomic mass is 19.3. The van der Waals surface area contributed by atoms with Crippen molar-refractivity contribution in [2.45, 2.75) is 50.2 Å². The summed E-state index contributed by atoms with van der Waals surface area (Å²) in [6.45, 7) is 0.603. The van der Waals surface area contributed by atoms with Crippen molar-refractivity contribution < 1.29 is 35.9 Å². The van der Waals surface area contributed by atoms with Crippen LogP contribution in [0.15, 0.2) is 88.0 Å². The zero-order valence-corrected chi connectivity index (χ0v) is 22.9. The molecule has 0 saturated carbocycles. The first kappa shape index (κ1) is 31.5. The van der Waals surface area contributed by atoms with E-state index in [1.54, 1.807) is 30.3 Å². The molecule has 1 heterocycles. The lowest BCUT2D eigenvalue weighted by Crippen LogP contribution is -2.52. The summed E-state index contributed by atoms with van der Waals surface area (Å²) in [5.74, 6) is -1.87. The number of hydrogen-bond donors (Lipinski definition) is 2. The van der Waals surface area contributed by atoms with Crippen LogP contribution in [0.5, 0.6) is 5.75 Å². The largest absolute Gasteiger partial charge is 0.461 e. The number of alkyl halides is 4. The molecule has 2 amide bonds. The van der Waals surface area contributed by atoms with E-state index >= 15 is 0 Å². The van der Waals surface area contributed by atoms with Crippen LogP contribution < -0.4 is 15.4 Å². The average Bonchev–Trinajstić information content (AvgIpc) is 3.48. The number of unbranched alkanes of at least 4 members (excludes halogenated alkanes) is 2. The molecule has 4 rings (SSSR count). The second kappa shape index (κ2) is 14.2. The Morgan fingerprint density at radius 1 is 0.907 bits per heavy atom. The van der Waals surface area contributed by atoms with E-state index in [4.69, 9.17) is 0 Å². The van der Waals surface area contributed by atoms with Crippen LogP contribution in [-0.2, 0) is 12.0 Å². The Morgan fingerprint density at radius 2 is 1.65 bits per heavy atom. The first-order valence-corrected chi connectivity index (χ1v) is 13.5. The quantitative estimate of drug-likeness (QED) is 0.149. The summed E-state index contributed by atoms with van der Waals surface area (Å²) in [6.07, 6.45) is -6.31. The van der Waals surface area contributed by atoms with E-state index in [0.29, 0.717) is 37.0 Å². The lowest BCUT2D eigenvalue weighted by molar-refractivity contribution is -0.253. The van der Waals surface area contributed by atoms with Gasteiger partial charge in [-0.2, -0.15) is 22.7 Å². The van der Waals surface area contributed by atoms with Gasteiger partial charge in [0.25, 0.3) is 0 Å². The summed E-state index contributed by atoms with van der Waals surface area (Å²) in [6, 6.07) is 15.4. The number of amides is 2. The van der Waals surface area contributed by atoms with Crippen molar-refractivity contribution in [2.24, 2.45) is 15.2 Å². The van der Waals surface area contributed by atoms with E-state index in [1.165, 1.54) is 12.1 Å². The van der Waals surface area contributed by atoms with Gasteiger partial charge in [0, 0.05) is 25.5 Å². The molecule has 1 aliphatic rings. The molecule has 228 valence electrons. The number of amidine groups is 1. The Bertz CT molecular complexity index is 1440. The van der Waals surface area contributed by atoms with Gasteiger partial charge in [-0.25, -0.2) is 18.6 Å². The number of hydrogen-bond acceptors (Lipinski definition) is 5. The molecule has 0 unspecified atom stereocenters. The molecule has 0 fully saturated rings. The molecule has 0 bridgehead atoms. The third-order valence-corrected chi connectivity index (χ3v) is 6.71. The molecule has 13 heteroatoms. The third kappa shape index (κ3) is 8.55. The van der Waals surface area contributed by atoms with E-state index in [2.05, 4.69) is 30.6 Å². The van der Waals surface area contributed by atoms with Gasteiger partial charge in [0.15, 0.2) is 6.67 Å². The Hall–Kier alpha value is -4.42. The number of halogens is 6. The summed E-state index contributed by atoms with van der Waals surface area (Å²) in [7, 11) is 0. The SMILES string of the molecule is O=C(NCCCCCC1=NCN=N1)N[C@](Cc1ccccc1)(c1ccc(F)cc1)c1cc(F)cc(OC(F)(F)C(F)F)c1. The second-order valence-corrected chi connectivity index (χ2v) is 9.86. The highest BCUT2D eigenvalue weighted by molar-refractivity contribution is 5.83. The number of carbonyl (C=O) groups excluding carboxylic acids is 1. The van der Waals surface area contributed by atoms with Gasteiger partial charge in [-0.05, 0) is 53.8 Å². The Balaban J connectivity index is 1.65. The number of aliphatic imine (C=N–C) groups is 1. The minimum absolute atomic E-state index is 0.0440. The minimum atomic E-state index is -4.90. The predicted molar refractivity (Wildman–Crippen MR) is 147 cm³/mol. The van der Waals surface area contributed by atoms with Crippen LogP contribution in [0.1, 0.15) is 42.4 Å². The van der Waals surface area contributed by atoms with Crippen LogP contribution in [-0.4, -0.2) is 37.6 Å². The molecule has 0 aliphatic carbocycles. The standard InChI is InChI=1S/C30H29F6N5O2/c31-23-12-10-21(11-13-23)29(18-20-7-3-1-4-8-20,22-15-24(32)17-25(16-22)43-30(35,36)27(33)34)40-28(42)37-14-6-2-5-9-26-38-19-39-41-26/h1,3-4,7-8,10-13,15-17,27H,2,5-6,9,14,18-19H2,(H2,37,40,42)/t29-/m1/s1. The summed E-state index contributed by atoms with van der Waals surface area (Å²) in [5, 5.41) is 13.3. The molecule has 0 saturated heterocycles. The van der Waals surface area contributed by atoms with Gasteiger partial charge in [-0.1, -0.05) is 48.9 Å².